The molecule has 1 atom stereocenters. The molecule has 0 radical (unpaired) electrons. The van der Waals surface area contributed by atoms with E-state index in [0.717, 1.165) is 22.3 Å². The summed E-state index contributed by atoms with van der Waals surface area (Å²) in [5.74, 6) is -1.12. The molecule has 5 aromatic rings. The Morgan fingerprint density at radius 1 is 0.628 bits per heavy atom. The van der Waals surface area contributed by atoms with Gasteiger partial charge in [-0.05, 0) is 40.5 Å². The van der Waals surface area contributed by atoms with E-state index in [1.54, 1.807) is 48.5 Å². The molecule has 5 rings (SSSR count). The Morgan fingerprint density at radius 2 is 1.28 bits per heavy atom. The van der Waals surface area contributed by atoms with Crippen LogP contribution >= 0.6 is 0 Å². The number of carboxylic acid groups (broad SMARTS) is 1. The first-order valence-corrected chi connectivity index (χ1v) is 14.1. The summed E-state index contributed by atoms with van der Waals surface area (Å²) in [4.78, 5) is 37.7. The molecule has 0 unspecified atom stereocenters. The van der Waals surface area contributed by atoms with Gasteiger partial charge in [0.25, 0.3) is 0 Å². The molecule has 0 aliphatic rings. The number of hydrogen-bond acceptors (Lipinski definition) is 5. The number of carbonyl (C=O) groups excluding carboxylic acids is 2. The van der Waals surface area contributed by atoms with Crippen molar-refractivity contribution < 1.29 is 19.5 Å². The molecule has 5 aromatic carbocycles. The van der Waals surface area contributed by atoms with Crippen LogP contribution in [0, 0.1) is 0 Å². The van der Waals surface area contributed by atoms with Gasteiger partial charge in [-0.2, -0.15) is 0 Å². The van der Waals surface area contributed by atoms with Gasteiger partial charge in [0, 0.05) is 35.3 Å². The lowest BCUT2D eigenvalue weighted by Crippen LogP contribution is -2.32. The second-order valence-electron chi connectivity index (χ2n) is 10.3. The topological polar surface area (TPSA) is 95.5 Å². The zero-order chi connectivity index (χ0) is 30.0. The fourth-order valence-electron chi connectivity index (χ4n) is 4.92. The molecule has 0 amide bonds. The summed E-state index contributed by atoms with van der Waals surface area (Å²) in [6.45, 7) is 0.817. The minimum absolute atomic E-state index is 0.0489. The van der Waals surface area contributed by atoms with Gasteiger partial charge in [0.2, 0.25) is 0 Å². The number of nitrogens with one attached hydrogen (secondary N) is 2. The minimum atomic E-state index is -1.00. The third-order valence-electron chi connectivity index (χ3n) is 7.20. The van der Waals surface area contributed by atoms with E-state index < -0.39 is 12.0 Å². The maximum atomic E-state index is 13.1. The predicted molar refractivity (Wildman–Crippen MR) is 169 cm³/mol. The molecular weight excluding hydrogens is 536 g/mol. The average Bonchev–Trinajstić information content (AvgIpc) is 3.05. The smallest absolute Gasteiger partial charge is 0.326 e. The third kappa shape index (κ3) is 7.70. The van der Waals surface area contributed by atoms with Gasteiger partial charge in [0.05, 0.1) is 6.54 Å². The van der Waals surface area contributed by atoms with Gasteiger partial charge in [0.15, 0.2) is 11.6 Å². The molecule has 0 saturated carbocycles. The number of para-hydroxylation sites is 1. The summed E-state index contributed by atoms with van der Waals surface area (Å²) in [5, 5.41) is 16.3. The number of aliphatic carboxylic acids is 1. The first-order chi connectivity index (χ1) is 21.0. The number of anilines is 1. The molecule has 3 N–H and O–H groups in total. The lowest BCUT2D eigenvalue weighted by atomic mass is 9.98. The zero-order valence-electron chi connectivity index (χ0n) is 23.6. The molecule has 6 heteroatoms. The van der Waals surface area contributed by atoms with Gasteiger partial charge < -0.3 is 15.7 Å². The average molecular weight is 569 g/mol. The minimum Gasteiger partial charge on any atom is -0.480 e. The van der Waals surface area contributed by atoms with E-state index in [2.05, 4.69) is 16.7 Å². The van der Waals surface area contributed by atoms with Crippen LogP contribution in [0.15, 0.2) is 133 Å². The molecule has 214 valence electrons. The number of carbonyl (C=O) groups is 3. The van der Waals surface area contributed by atoms with Crippen LogP contribution in [0.25, 0.3) is 11.1 Å². The summed E-state index contributed by atoms with van der Waals surface area (Å²) in [5.41, 5.74) is 6.08. The Kier molecular flexibility index (Phi) is 9.52. The van der Waals surface area contributed by atoms with Gasteiger partial charge >= 0.3 is 5.97 Å². The highest BCUT2D eigenvalue weighted by Gasteiger charge is 2.21. The van der Waals surface area contributed by atoms with Crippen LogP contribution in [0.5, 0.6) is 0 Å². The fourth-order valence-corrected chi connectivity index (χ4v) is 4.92. The number of carboxylic acids is 1. The van der Waals surface area contributed by atoms with E-state index in [-0.39, 0.29) is 24.5 Å². The highest BCUT2D eigenvalue weighted by molar-refractivity contribution is 6.12. The third-order valence-corrected chi connectivity index (χ3v) is 7.20. The second-order valence-corrected chi connectivity index (χ2v) is 10.3. The molecule has 0 fully saturated rings. The maximum absolute atomic E-state index is 13.1. The van der Waals surface area contributed by atoms with Crippen molar-refractivity contribution in [3.63, 3.8) is 0 Å². The maximum Gasteiger partial charge on any atom is 0.326 e. The van der Waals surface area contributed by atoms with Crippen molar-refractivity contribution in [1.82, 2.24) is 5.32 Å². The van der Waals surface area contributed by atoms with Crippen LogP contribution in [-0.4, -0.2) is 35.2 Å². The van der Waals surface area contributed by atoms with Gasteiger partial charge in [-0.15, -0.1) is 0 Å². The molecule has 0 aliphatic heterocycles. The Labute approximate surface area is 251 Å². The van der Waals surface area contributed by atoms with Gasteiger partial charge in [-0.25, -0.2) is 4.79 Å². The van der Waals surface area contributed by atoms with Crippen molar-refractivity contribution in [1.29, 1.82) is 0 Å². The predicted octanol–water partition coefficient (Wildman–Crippen LogP) is 6.66. The fraction of sp³-hybridized carbons (Fsp3) is 0.108. The molecule has 43 heavy (non-hydrogen) atoms. The number of Topliss-reactive ketones (excluding diaryl/α,β-unsaturated/α-hetero) is 1. The van der Waals surface area contributed by atoms with Gasteiger partial charge in [-0.3, -0.25) is 9.59 Å². The summed E-state index contributed by atoms with van der Waals surface area (Å²) >= 11 is 0. The van der Waals surface area contributed by atoms with E-state index in [9.17, 15) is 19.5 Å². The largest absolute Gasteiger partial charge is 0.480 e. The number of benzene rings is 5. The highest BCUT2D eigenvalue weighted by Crippen LogP contribution is 2.24. The molecule has 0 aromatic heterocycles. The number of rotatable bonds is 13. The van der Waals surface area contributed by atoms with Crippen molar-refractivity contribution in [2.24, 2.45) is 0 Å². The van der Waals surface area contributed by atoms with Crippen LogP contribution in [0.3, 0.4) is 0 Å². The lowest BCUT2D eigenvalue weighted by molar-refractivity contribution is -0.137. The Morgan fingerprint density at radius 3 is 1.98 bits per heavy atom. The van der Waals surface area contributed by atoms with Crippen LogP contribution in [0.1, 0.15) is 37.4 Å². The Balaban J connectivity index is 1.23. The first-order valence-electron chi connectivity index (χ1n) is 14.1. The first kappa shape index (κ1) is 29.2. The van der Waals surface area contributed by atoms with Crippen molar-refractivity contribution in [2.45, 2.75) is 19.0 Å². The van der Waals surface area contributed by atoms with Crippen LogP contribution in [-0.2, 0) is 17.8 Å². The standard InChI is InChI=1S/C37H32N2O4/c40-35(29-11-3-1-4-12-29)25-38-24-27-10-9-15-31(22-27)28-20-18-26(19-21-28)23-34(37(42)43)39-33-17-8-7-16-32(33)36(41)30-13-5-2-6-14-30/h1-22,34,38-39H,23-25H2,(H,42,43)/t34-/m1/s1. The molecule has 6 nitrogen and oxygen atoms in total. The molecular formula is C37H32N2O4. The van der Waals surface area contributed by atoms with Crippen LogP contribution in [0.2, 0.25) is 0 Å². The Hall–Kier alpha value is -5.33. The molecule has 0 heterocycles. The van der Waals surface area contributed by atoms with Gasteiger partial charge in [-0.1, -0.05) is 115 Å². The molecule has 0 bridgehead atoms. The quantitative estimate of drug-likeness (QED) is 0.137. The molecule has 0 spiro atoms. The van der Waals surface area contributed by atoms with Crippen molar-refractivity contribution in [3.8, 4) is 11.1 Å². The van der Waals surface area contributed by atoms with E-state index in [1.807, 2.05) is 78.9 Å². The van der Waals surface area contributed by atoms with Crippen molar-refractivity contribution >= 4 is 23.2 Å². The van der Waals surface area contributed by atoms with E-state index >= 15 is 0 Å². The van der Waals surface area contributed by atoms with Crippen molar-refractivity contribution in [3.05, 3.63) is 161 Å². The summed E-state index contributed by atoms with van der Waals surface area (Å²) in [7, 11) is 0. The monoisotopic (exact) mass is 568 g/mol. The van der Waals surface area contributed by atoms with Crippen LogP contribution < -0.4 is 10.6 Å². The molecule has 0 aliphatic carbocycles. The van der Waals surface area contributed by atoms with Crippen LogP contribution in [0.4, 0.5) is 5.69 Å². The second kappa shape index (κ2) is 14.0. The van der Waals surface area contributed by atoms with E-state index in [0.29, 0.717) is 28.9 Å². The summed E-state index contributed by atoms with van der Waals surface area (Å²) in [6, 6.07) is 40.1. The lowest BCUT2D eigenvalue weighted by Gasteiger charge is -2.18. The summed E-state index contributed by atoms with van der Waals surface area (Å²) < 4.78 is 0. The van der Waals surface area contributed by atoms with Gasteiger partial charge in [0.1, 0.15) is 6.04 Å². The summed E-state index contributed by atoms with van der Waals surface area (Å²) in [6.07, 6.45) is 0.239. The zero-order valence-corrected chi connectivity index (χ0v) is 23.6. The SMILES string of the molecule is O=C(CNCc1cccc(-c2ccc(C[C@@H](Nc3ccccc3C(=O)c3ccccc3)C(=O)O)cc2)c1)c1ccccc1. The Bertz CT molecular complexity index is 1700. The number of hydrogen-bond donors (Lipinski definition) is 3. The normalized spacial score (nSPS) is 11.4. The highest BCUT2D eigenvalue weighted by atomic mass is 16.4. The van der Waals surface area contributed by atoms with E-state index in [1.165, 1.54) is 0 Å². The van der Waals surface area contributed by atoms with E-state index in [4.69, 9.17) is 0 Å². The molecule has 0 saturated heterocycles. The number of ketones is 2. The van der Waals surface area contributed by atoms with Crippen molar-refractivity contribution in [2.75, 3.05) is 11.9 Å².